The van der Waals surface area contributed by atoms with Gasteiger partial charge in [0.25, 0.3) is 10.1 Å². The largest absolute Gasteiger partial charge is 0.351 e. The van der Waals surface area contributed by atoms with Crippen LogP contribution in [0.1, 0.15) is 12.1 Å². The lowest BCUT2D eigenvalue weighted by Crippen LogP contribution is -2.32. The number of aromatic nitrogens is 3. The predicted octanol–water partition coefficient (Wildman–Crippen LogP) is 0.297. The zero-order valence-corrected chi connectivity index (χ0v) is 11.1. The van der Waals surface area contributed by atoms with Gasteiger partial charge < -0.3 is 9.13 Å². The quantitative estimate of drug-likeness (QED) is 0.469. The van der Waals surface area contributed by atoms with Crippen LogP contribution in [0, 0.1) is 6.33 Å². The molecule has 2 aromatic rings. The monoisotopic (exact) mass is 281 g/mol. The summed E-state index contributed by atoms with van der Waals surface area (Å²) in [5, 5.41) is 0. The van der Waals surface area contributed by atoms with Gasteiger partial charge in [0.2, 0.25) is 6.33 Å². The van der Waals surface area contributed by atoms with Crippen molar-refractivity contribution in [2.45, 2.75) is 19.5 Å². The molecule has 0 saturated carbocycles. The first-order chi connectivity index (χ1) is 9.03. The fraction of sp³-hybridized carbons (Fsp3) is 0.333. The minimum absolute atomic E-state index is 0.237. The summed E-state index contributed by atoms with van der Waals surface area (Å²) in [5.41, 5.74) is 0.930. The van der Waals surface area contributed by atoms with Crippen LogP contribution in [0.15, 0.2) is 36.8 Å². The van der Waals surface area contributed by atoms with E-state index in [9.17, 15) is 8.42 Å². The Balaban J connectivity index is 1.89. The van der Waals surface area contributed by atoms with E-state index in [-0.39, 0.29) is 5.75 Å². The second-order valence-electron chi connectivity index (χ2n) is 4.18. The van der Waals surface area contributed by atoms with Gasteiger partial charge in [0.1, 0.15) is 6.54 Å². The number of hydrogen-bond acceptors (Lipinski definition) is 3. The van der Waals surface area contributed by atoms with Crippen LogP contribution in [0.4, 0.5) is 0 Å². The molecule has 2 rings (SSSR count). The standard InChI is InChI=1S/C12H15N3O3S/c16-19(17,18)9-3-6-14-7-8-15(11-14)10-12-4-1-2-5-13-12/h1-2,4-5,7-8H,3,6,9-10H2,(H,16,17,18). The lowest BCUT2D eigenvalue weighted by atomic mass is 10.3. The summed E-state index contributed by atoms with van der Waals surface area (Å²) in [7, 11) is -3.88. The van der Waals surface area contributed by atoms with E-state index in [1.54, 1.807) is 10.8 Å². The van der Waals surface area contributed by atoms with E-state index < -0.39 is 10.1 Å². The van der Waals surface area contributed by atoms with Crippen LogP contribution in [-0.4, -0.2) is 28.3 Å². The number of nitrogens with zero attached hydrogens (tertiary/aromatic N) is 3. The van der Waals surface area contributed by atoms with E-state index in [4.69, 9.17) is 4.55 Å². The molecule has 0 aliphatic carbocycles. The summed E-state index contributed by atoms with van der Waals surface area (Å²) in [5.74, 6) is -0.237. The predicted molar refractivity (Wildman–Crippen MR) is 67.8 cm³/mol. The molecule has 2 heterocycles. The van der Waals surface area contributed by atoms with Crippen molar-refractivity contribution in [3.8, 4) is 0 Å². The highest BCUT2D eigenvalue weighted by Crippen LogP contribution is 1.97. The Morgan fingerprint density at radius 2 is 2.26 bits per heavy atom. The van der Waals surface area contributed by atoms with Crippen LogP contribution in [0.2, 0.25) is 0 Å². The molecule has 0 radical (unpaired) electrons. The molecule has 0 unspecified atom stereocenters. The SMILES string of the molecule is O=S(=O)(O)CCC[n+]1[c-]n(Cc2ccccn2)cc1. The van der Waals surface area contributed by atoms with Crippen LogP contribution < -0.4 is 4.57 Å². The molecule has 0 atom stereocenters. The highest BCUT2D eigenvalue weighted by atomic mass is 32.2. The zero-order chi connectivity index (χ0) is 13.7. The second kappa shape index (κ2) is 5.94. The Hall–Kier alpha value is -1.73. The van der Waals surface area contributed by atoms with E-state index >= 15 is 0 Å². The highest BCUT2D eigenvalue weighted by Gasteiger charge is 2.05. The van der Waals surface area contributed by atoms with Gasteiger partial charge in [0, 0.05) is 6.20 Å². The van der Waals surface area contributed by atoms with Gasteiger partial charge in [-0.2, -0.15) is 8.42 Å². The maximum atomic E-state index is 10.6. The van der Waals surface area contributed by atoms with Gasteiger partial charge in [0.05, 0.1) is 18.0 Å². The van der Waals surface area contributed by atoms with Gasteiger partial charge in [-0.05, 0) is 30.9 Å². The Morgan fingerprint density at radius 3 is 2.95 bits per heavy atom. The second-order valence-corrected chi connectivity index (χ2v) is 5.75. The average molecular weight is 281 g/mol. The third-order valence-electron chi connectivity index (χ3n) is 2.54. The third kappa shape index (κ3) is 4.80. The Morgan fingerprint density at radius 1 is 1.42 bits per heavy atom. The number of rotatable bonds is 6. The van der Waals surface area contributed by atoms with Gasteiger partial charge in [-0.3, -0.25) is 9.54 Å². The molecule has 1 N–H and O–H groups in total. The minimum Gasteiger partial charge on any atom is -0.351 e. The van der Waals surface area contributed by atoms with Crippen molar-refractivity contribution in [1.82, 2.24) is 9.55 Å². The first-order valence-electron chi connectivity index (χ1n) is 5.86. The van der Waals surface area contributed by atoms with E-state index in [1.807, 2.05) is 35.2 Å². The van der Waals surface area contributed by atoms with Gasteiger partial charge in [-0.25, -0.2) is 0 Å². The molecule has 102 valence electrons. The van der Waals surface area contributed by atoms with Crippen molar-refractivity contribution in [3.05, 3.63) is 48.8 Å². The van der Waals surface area contributed by atoms with Crippen molar-refractivity contribution >= 4 is 10.1 Å². The Bertz CT molecular complexity index is 623. The van der Waals surface area contributed by atoms with E-state index in [2.05, 4.69) is 11.3 Å². The molecule has 7 heteroatoms. The summed E-state index contributed by atoms with van der Waals surface area (Å²) < 4.78 is 33.4. The average Bonchev–Trinajstić information content (AvgIpc) is 2.76. The molecule has 0 aliphatic heterocycles. The van der Waals surface area contributed by atoms with Crippen molar-refractivity contribution in [2.75, 3.05) is 5.75 Å². The highest BCUT2D eigenvalue weighted by molar-refractivity contribution is 7.85. The molecule has 6 nitrogen and oxygen atoms in total. The van der Waals surface area contributed by atoms with Gasteiger partial charge in [-0.15, -0.1) is 0 Å². The first-order valence-corrected chi connectivity index (χ1v) is 7.47. The fourth-order valence-electron chi connectivity index (χ4n) is 1.69. The van der Waals surface area contributed by atoms with Gasteiger partial charge in [0.15, 0.2) is 0 Å². The summed E-state index contributed by atoms with van der Waals surface area (Å²) in [4.78, 5) is 4.22. The minimum atomic E-state index is -3.88. The van der Waals surface area contributed by atoms with Crippen molar-refractivity contribution in [3.63, 3.8) is 0 Å². The Labute approximate surface area is 112 Å². The molecule has 0 amide bonds. The van der Waals surface area contributed by atoms with Gasteiger partial charge >= 0.3 is 0 Å². The number of aryl methyl sites for hydroxylation is 1. The Kier molecular flexibility index (Phi) is 4.28. The van der Waals surface area contributed by atoms with Crippen LogP contribution in [-0.2, 0) is 23.2 Å². The molecule has 2 aromatic heterocycles. The fourth-order valence-corrected chi connectivity index (χ4v) is 2.18. The molecule has 0 fully saturated rings. The zero-order valence-electron chi connectivity index (χ0n) is 10.3. The number of pyridine rings is 1. The molecular weight excluding hydrogens is 266 g/mol. The smallest absolute Gasteiger partial charge is 0.265 e. The van der Waals surface area contributed by atoms with Crippen molar-refractivity contribution in [2.24, 2.45) is 0 Å². The molecule has 0 saturated heterocycles. The molecule has 19 heavy (non-hydrogen) atoms. The van der Waals surface area contributed by atoms with Crippen molar-refractivity contribution < 1.29 is 17.5 Å². The third-order valence-corrected chi connectivity index (χ3v) is 3.35. The molecule has 0 aliphatic rings. The molecule has 0 spiro atoms. The van der Waals surface area contributed by atoms with E-state index in [0.29, 0.717) is 19.5 Å². The van der Waals surface area contributed by atoms with Crippen LogP contribution >= 0.6 is 0 Å². The van der Waals surface area contributed by atoms with Gasteiger partial charge in [-0.1, -0.05) is 6.07 Å². The summed E-state index contributed by atoms with van der Waals surface area (Å²) in [6, 6.07) is 5.71. The number of imidazole rings is 1. The number of hydrogen-bond donors (Lipinski definition) is 1. The van der Waals surface area contributed by atoms with Crippen LogP contribution in [0.5, 0.6) is 0 Å². The van der Waals surface area contributed by atoms with E-state index in [1.165, 1.54) is 0 Å². The normalized spacial score (nSPS) is 11.6. The lowest BCUT2D eigenvalue weighted by molar-refractivity contribution is -0.700. The lowest BCUT2D eigenvalue weighted by Gasteiger charge is -2.01. The first kappa shape index (κ1) is 13.7. The van der Waals surface area contributed by atoms with E-state index in [0.717, 1.165) is 5.69 Å². The van der Waals surface area contributed by atoms with Crippen LogP contribution in [0.25, 0.3) is 0 Å². The van der Waals surface area contributed by atoms with Crippen LogP contribution in [0.3, 0.4) is 0 Å². The maximum absolute atomic E-state index is 10.6. The molecule has 0 bridgehead atoms. The van der Waals surface area contributed by atoms with Crippen molar-refractivity contribution in [1.29, 1.82) is 0 Å². The summed E-state index contributed by atoms with van der Waals surface area (Å²) in [6.07, 6.45) is 8.82. The molecule has 0 aromatic carbocycles. The summed E-state index contributed by atoms with van der Waals surface area (Å²) >= 11 is 0. The molecular formula is C12H15N3O3S. The summed E-state index contributed by atoms with van der Waals surface area (Å²) in [6.45, 7) is 1.11. The topological polar surface area (TPSA) is 76.1 Å². The maximum Gasteiger partial charge on any atom is 0.265 e.